The predicted octanol–water partition coefficient (Wildman–Crippen LogP) is 3.16. The second-order valence-corrected chi connectivity index (χ2v) is 10.3. The molecule has 5 rings (SSSR count). The molecule has 192 valence electrons. The zero-order chi connectivity index (χ0) is 25.7. The number of esters is 1. The first-order chi connectivity index (χ1) is 17.3. The van der Waals surface area contributed by atoms with E-state index in [0.717, 1.165) is 22.7 Å². The van der Waals surface area contributed by atoms with Gasteiger partial charge in [0, 0.05) is 43.0 Å². The Morgan fingerprint density at radius 2 is 2.08 bits per heavy atom. The molecule has 0 spiro atoms. The van der Waals surface area contributed by atoms with Crippen LogP contribution in [0.15, 0.2) is 41.4 Å². The zero-order valence-corrected chi connectivity index (χ0v) is 21.6. The number of hydrazone groups is 1. The zero-order valence-electron chi connectivity index (χ0n) is 19.2. The summed E-state index contributed by atoms with van der Waals surface area (Å²) in [4.78, 5) is 36.0. The molecule has 2 aromatic heterocycles. The minimum atomic E-state index is -0.718. The van der Waals surface area contributed by atoms with Gasteiger partial charge in [-0.15, -0.1) is 11.3 Å². The number of pyridine rings is 1. The number of guanidine groups is 1. The van der Waals surface area contributed by atoms with Crippen LogP contribution in [-0.2, 0) is 27.4 Å². The van der Waals surface area contributed by atoms with Crippen molar-refractivity contribution >= 4 is 46.5 Å². The van der Waals surface area contributed by atoms with Crippen molar-refractivity contribution in [1.82, 2.24) is 24.7 Å². The van der Waals surface area contributed by atoms with E-state index in [9.17, 15) is 14.9 Å². The lowest BCUT2D eigenvalue weighted by Gasteiger charge is -2.34. The van der Waals surface area contributed by atoms with Crippen molar-refractivity contribution in [1.29, 1.82) is 0 Å². The van der Waals surface area contributed by atoms with Crippen LogP contribution in [0.4, 0.5) is 0 Å². The molecule has 0 radical (unpaired) electrons. The Bertz CT molecular complexity index is 1160. The molecule has 3 aliphatic rings. The number of nitrogens with zero attached hydrogens (tertiary/aromatic N) is 7. The van der Waals surface area contributed by atoms with Crippen molar-refractivity contribution in [2.75, 3.05) is 27.1 Å². The Balaban J connectivity index is 0.000000169. The van der Waals surface area contributed by atoms with Crippen LogP contribution in [0.25, 0.3) is 0 Å². The van der Waals surface area contributed by atoms with E-state index in [1.807, 2.05) is 6.07 Å². The maximum atomic E-state index is 11.1. The molecule has 4 heterocycles. The molecule has 36 heavy (non-hydrogen) atoms. The standard InChI is InChI=1S/C13H13ClN2O2.C8H10ClN5O3S/c14-12-4-1-9(6-15-12)7-16(10-2-3-10)11-5-13(17)18-8-11;1-12-4-17-5-13(8(12)11-14(15)16)3-6-2-10-7(9)18-6/h1,4-6,10H,2-3,7-8H2;2H,3-5H2,1H3/b;11-8-. The van der Waals surface area contributed by atoms with Crippen LogP contribution >= 0.6 is 34.5 Å². The van der Waals surface area contributed by atoms with Gasteiger partial charge in [-0.2, -0.15) is 0 Å². The number of cyclic esters (lactones) is 1. The first-order valence-electron chi connectivity index (χ1n) is 10.9. The van der Waals surface area contributed by atoms with Crippen molar-refractivity contribution in [2.24, 2.45) is 5.10 Å². The fourth-order valence-electron chi connectivity index (χ4n) is 3.60. The van der Waals surface area contributed by atoms with Crippen LogP contribution in [0.3, 0.4) is 0 Å². The van der Waals surface area contributed by atoms with Gasteiger partial charge < -0.3 is 24.2 Å². The van der Waals surface area contributed by atoms with Crippen molar-refractivity contribution in [3.05, 3.63) is 66.5 Å². The summed E-state index contributed by atoms with van der Waals surface area (Å²) in [5.74, 6) is 0.0145. The van der Waals surface area contributed by atoms with E-state index in [0.29, 0.717) is 28.8 Å². The number of carbonyl (C=O) groups excluding carboxylic acids is 1. The molecular formula is C21H23Cl2N7O5S. The average molecular weight is 556 g/mol. The van der Waals surface area contributed by atoms with Gasteiger partial charge in [-0.3, -0.25) is 0 Å². The molecule has 0 atom stereocenters. The Morgan fingerprint density at radius 3 is 2.67 bits per heavy atom. The fourth-order valence-corrected chi connectivity index (χ4v) is 4.70. The molecule has 2 fully saturated rings. The Kier molecular flexibility index (Phi) is 8.56. The second-order valence-electron chi connectivity index (χ2n) is 8.17. The topological polar surface area (TPSA) is 127 Å². The molecule has 2 aliphatic heterocycles. The van der Waals surface area contributed by atoms with Crippen LogP contribution in [0.1, 0.15) is 23.3 Å². The fraction of sp³-hybridized carbons (Fsp3) is 0.429. The van der Waals surface area contributed by atoms with E-state index >= 15 is 0 Å². The van der Waals surface area contributed by atoms with Crippen LogP contribution < -0.4 is 0 Å². The van der Waals surface area contributed by atoms with Gasteiger partial charge in [0.25, 0.3) is 5.96 Å². The summed E-state index contributed by atoms with van der Waals surface area (Å²) >= 11 is 12.8. The van der Waals surface area contributed by atoms with Crippen LogP contribution in [-0.4, -0.2) is 74.8 Å². The number of hydrogen-bond acceptors (Lipinski definition) is 9. The van der Waals surface area contributed by atoms with E-state index < -0.39 is 5.03 Å². The number of thiazole rings is 1. The van der Waals surface area contributed by atoms with E-state index in [1.54, 1.807) is 41.4 Å². The summed E-state index contributed by atoms with van der Waals surface area (Å²) in [6.45, 7) is 2.06. The lowest BCUT2D eigenvalue weighted by atomic mass is 10.2. The van der Waals surface area contributed by atoms with Gasteiger partial charge in [-0.25, -0.2) is 24.9 Å². The number of rotatable bonds is 7. The van der Waals surface area contributed by atoms with Gasteiger partial charge in [0.1, 0.15) is 30.3 Å². The highest BCUT2D eigenvalue weighted by Gasteiger charge is 2.33. The highest BCUT2D eigenvalue weighted by atomic mass is 35.5. The molecule has 12 nitrogen and oxygen atoms in total. The van der Waals surface area contributed by atoms with E-state index in [-0.39, 0.29) is 25.4 Å². The SMILES string of the molecule is CN1COCN(Cc2cnc(Cl)s2)/C1=N\[N+](=O)[O-].O=C1C=C(N(Cc2ccc(Cl)nc2)C2CC2)CO1. The second kappa shape index (κ2) is 11.8. The van der Waals surface area contributed by atoms with E-state index in [4.69, 9.17) is 32.7 Å². The summed E-state index contributed by atoms with van der Waals surface area (Å²) in [6, 6.07) is 4.27. The molecule has 1 saturated heterocycles. The lowest BCUT2D eigenvalue weighted by Crippen LogP contribution is -2.49. The molecule has 1 saturated carbocycles. The number of halogens is 2. The summed E-state index contributed by atoms with van der Waals surface area (Å²) in [6.07, 6.45) is 7.34. The number of hydrogen-bond donors (Lipinski definition) is 0. The van der Waals surface area contributed by atoms with Crippen molar-refractivity contribution in [2.45, 2.75) is 32.0 Å². The molecule has 0 amide bonds. The Morgan fingerprint density at radius 1 is 1.28 bits per heavy atom. The van der Waals surface area contributed by atoms with Gasteiger partial charge >= 0.3 is 5.97 Å². The summed E-state index contributed by atoms with van der Waals surface area (Å²) in [5.41, 5.74) is 2.06. The monoisotopic (exact) mass is 555 g/mol. The number of nitro groups is 1. The van der Waals surface area contributed by atoms with Crippen LogP contribution in [0, 0.1) is 10.1 Å². The maximum Gasteiger partial charge on any atom is 0.333 e. The Hall–Kier alpha value is -3.00. The first kappa shape index (κ1) is 26.1. The molecular weight excluding hydrogens is 533 g/mol. The minimum absolute atomic E-state index is 0.243. The summed E-state index contributed by atoms with van der Waals surface area (Å²) in [5, 5.41) is 13.6. The third-order valence-electron chi connectivity index (χ3n) is 5.34. The highest BCUT2D eigenvalue weighted by molar-refractivity contribution is 7.15. The summed E-state index contributed by atoms with van der Waals surface area (Å²) in [7, 11) is 1.67. The molecule has 0 aromatic carbocycles. The number of ether oxygens (including phenoxy) is 2. The molecule has 0 N–H and O–H groups in total. The lowest BCUT2D eigenvalue weighted by molar-refractivity contribution is -0.486. The number of aromatic nitrogens is 2. The Labute approximate surface area is 220 Å². The minimum Gasteiger partial charge on any atom is -0.456 e. The van der Waals surface area contributed by atoms with Gasteiger partial charge in [0.2, 0.25) is 0 Å². The van der Waals surface area contributed by atoms with Gasteiger partial charge in [0.15, 0.2) is 9.50 Å². The highest BCUT2D eigenvalue weighted by Crippen LogP contribution is 2.32. The molecule has 1 aliphatic carbocycles. The van der Waals surface area contributed by atoms with E-state index in [2.05, 4.69) is 20.0 Å². The predicted molar refractivity (Wildman–Crippen MR) is 133 cm³/mol. The van der Waals surface area contributed by atoms with Crippen molar-refractivity contribution in [3.63, 3.8) is 0 Å². The normalized spacial score (nSPS) is 18.5. The average Bonchev–Trinajstić information content (AvgIpc) is 3.46. The van der Waals surface area contributed by atoms with Gasteiger partial charge in [0.05, 0.1) is 12.2 Å². The summed E-state index contributed by atoms with van der Waals surface area (Å²) < 4.78 is 10.7. The first-order valence-corrected chi connectivity index (χ1v) is 12.5. The van der Waals surface area contributed by atoms with Crippen LogP contribution in [0.2, 0.25) is 9.62 Å². The molecule has 2 aromatic rings. The maximum absolute atomic E-state index is 11.1. The van der Waals surface area contributed by atoms with Gasteiger partial charge in [-0.05, 0) is 24.5 Å². The van der Waals surface area contributed by atoms with Gasteiger partial charge in [-0.1, -0.05) is 29.3 Å². The molecule has 0 bridgehead atoms. The largest absolute Gasteiger partial charge is 0.456 e. The van der Waals surface area contributed by atoms with Crippen molar-refractivity contribution in [3.8, 4) is 0 Å². The van der Waals surface area contributed by atoms with E-state index in [1.165, 1.54) is 24.2 Å². The molecule has 15 heteroatoms. The quantitative estimate of drug-likeness (QED) is 0.217. The molecule has 0 unspecified atom stereocenters. The van der Waals surface area contributed by atoms with Crippen molar-refractivity contribution < 1.29 is 19.3 Å². The smallest absolute Gasteiger partial charge is 0.333 e. The number of carbonyl (C=O) groups is 1. The third-order valence-corrected chi connectivity index (χ3v) is 6.67. The van der Waals surface area contributed by atoms with Crippen LogP contribution in [0.5, 0.6) is 0 Å². The third kappa shape index (κ3) is 7.26.